The molecule has 0 aliphatic heterocycles. The van der Waals surface area contributed by atoms with E-state index in [4.69, 9.17) is 11.6 Å². The SMILES string of the molecule is O=[N+]([O-])c1cnc(-n2cnc3ccccc32)nc1NC1CCC(O)CC1.O=[N+]([O-])c1cnc(Cl)nc1NC1CCC(O)CC1. The number of fused-ring (bicyclic) bond motifs is 1. The molecule has 2 aliphatic rings. The summed E-state index contributed by atoms with van der Waals surface area (Å²) in [5, 5.41) is 47.4. The number of halogens is 1. The highest BCUT2D eigenvalue weighted by Crippen LogP contribution is 2.29. The maximum atomic E-state index is 11.4. The van der Waals surface area contributed by atoms with Gasteiger partial charge in [-0.15, -0.1) is 0 Å². The molecule has 0 saturated heterocycles. The summed E-state index contributed by atoms with van der Waals surface area (Å²) in [5.74, 6) is 0.656. The number of benzene rings is 1. The molecule has 0 radical (unpaired) electrons. The number of nitrogens with one attached hydrogen (secondary N) is 2. The smallest absolute Gasteiger partial charge is 0.329 e. The largest absolute Gasteiger partial charge is 0.393 e. The second-order valence-corrected chi connectivity index (χ2v) is 11.0. The fraction of sp³-hybridized carbons (Fsp3) is 0.444. The van der Waals surface area contributed by atoms with E-state index in [2.05, 4.69) is 35.6 Å². The monoisotopic (exact) mass is 626 g/mol. The van der Waals surface area contributed by atoms with Crippen molar-refractivity contribution in [3.8, 4) is 5.95 Å². The Bertz CT molecular complexity index is 1620. The van der Waals surface area contributed by atoms with Gasteiger partial charge in [0.15, 0.2) is 0 Å². The molecule has 3 aromatic heterocycles. The first-order valence-electron chi connectivity index (χ1n) is 14.2. The minimum absolute atomic E-state index is 0.0288. The normalized spacial score (nSPS) is 21.6. The molecule has 4 N–H and O–H groups in total. The molecule has 0 atom stereocenters. The van der Waals surface area contributed by atoms with Gasteiger partial charge in [0.1, 0.15) is 18.7 Å². The molecule has 0 bridgehead atoms. The fourth-order valence-electron chi connectivity index (χ4n) is 5.26. The fourth-order valence-corrected chi connectivity index (χ4v) is 5.39. The van der Waals surface area contributed by atoms with Gasteiger partial charge >= 0.3 is 11.4 Å². The van der Waals surface area contributed by atoms with Crippen molar-refractivity contribution in [2.45, 2.75) is 75.7 Å². The van der Waals surface area contributed by atoms with E-state index >= 15 is 0 Å². The molecule has 4 aromatic rings. The van der Waals surface area contributed by atoms with Gasteiger partial charge in [-0.25, -0.2) is 15.0 Å². The standard InChI is InChI=1S/C17H18N6O3.C10H13ClN4O3/c24-12-7-5-11(6-8-12)20-16-15(23(25)26)9-18-17(21-16)22-10-19-13-3-1-2-4-14(13)22;11-10-12-5-8(15(17)18)9(14-10)13-6-1-3-7(16)4-2-6/h1-4,9-12,24H,5-8H2,(H,18,20,21);5-7,16H,1-4H2,(H,12,13,14). The van der Waals surface area contributed by atoms with Crippen LogP contribution in [0.15, 0.2) is 43.0 Å². The number of aromatic nitrogens is 6. The highest BCUT2D eigenvalue weighted by atomic mass is 35.5. The molecule has 2 aliphatic carbocycles. The minimum Gasteiger partial charge on any atom is -0.393 e. The Kier molecular flexibility index (Phi) is 9.72. The summed E-state index contributed by atoms with van der Waals surface area (Å²) in [6.45, 7) is 0. The number of imidazole rings is 1. The summed E-state index contributed by atoms with van der Waals surface area (Å²) in [6.07, 6.45) is 9.06. The molecule has 2 saturated carbocycles. The van der Waals surface area contributed by atoms with Crippen LogP contribution < -0.4 is 10.6 Å². The topological polar surface area (TPSA) is 220 Å². The molecule has 0 unspecified atom stereocenters. The third-order valence-corrected chi connectivity index (χ3v) is 7.82. The van der Waals surface area contributed by atoms with Crippen LogP contribution in [0.3, 0.4) is 0 Å². The maximum absolute atomic E-state index is 11.4. The number of nitro groups is 2. The summed E-state index contributed by atoms with van der Waals surface area (Å²) < 4.78 is 1.70. The number of hydrogen-bond donors (Lipinski definition) is 4. The molecule has 0 spiro atoms. The second-order valence-electron chi connectivity index (χ2n) is 10.7. The summed E-state index contributed by atoms with van der Waals surface area (Å²) in [5.41, 5.74) is 1.27. The summed E-state index contributed by atoms with van der Waals surface area (Å²) in [6, 6.07) is 7.66. The van der Waals surface area contributed by atoms with E-state index in [-0.39, 0.29) is 52.6 Å². The molecule has 3 heterocycles. The van der Waals surface area contributed by atoms with Gasteiger partial charge in [0.2, 0.25) is 22.9 Å². The van der Waals surface area contributed by atoms with Gasteiger partial charge < -0.3 is 20.8 Å². The van der Waals surface area contributed by atoms with Crippen LogP contribution in [0.25, 0.3) is 17.0 Å². The lowest BCUT2D eigenvalue weighted by atomic mass is 9.93. The van der Waals surface area contributed by atoms with Crippen LogP contribution in [0, 0.1) is 20.2 Å². The lowest BCUT2D eigenvalue weighted by Crippen LogP contribution is -2.29. The molecule has 6 rings (SSSR count). The first-order valence-corrected chi connectivity index (χ1v) is 14.6. The summed E-state index contributed by atoms with van der Waals surface area (Å²) in [4.78, 5) is 41.4. The van der Waals surface area contributed by atoms with Crippen LogP contribution in [0.4, 0.5) is 23.0 Å². The van der Waals surface area contributed by atoms with Gasteiger partial charge in [-0.2, -0.15) is 9.97 Å². The molecular weight excluding hydrogens is 596 g/mol. The van der Waals surface area contributed by atoms with Crippen molar-refractivity contribution in [2.24, 2.45) is 0 Å². The van der Waals surface area contributed by atoms with Crippen LogP contribution in [0.5, 0.6) is 0 Å². The maximum Gasteiger partial charge on any atom is 0.329 e. The molecule has 232 valence electrons. The van der Waals surface area contributed by atoms with Gasteiger partial charge in [0.05, 0.1) is 33.1 Å². The Labute approximate surface area is 255 Å². The summed E-state index contributed by atoms with van der Waals surface area (Å²) in [7, 11) is 0. The molecule has 1 aromatic carbocycles. The quantitative estimate of drug-likeness (QED) is 0.128. The molecule has 0 amide bonds. The first kappa shape index (κ1) is 30.9. The Balaban J connectivity index is 0.000000187. The number of hydrogen-bond acceptors (Lipinski definition) is 13. The van der Waals surface area contributed by atoms with Gasteiger partial charge in [0.25, 0.3) is 0 Å². The highest BCUT2D eigenvalue weighted by Gasteiger charge is 2.26. The Morgan fingerprint density at radius 2 is 1.30 bits per heavy atom. The summed E-state index contributed by atoms with van der Waals surface area (Å²) >= 11 is 5.64. The zero-order chi connectivity index (χ0) is 31.2. The molecule has 44 heavy (non-hydrogen) atoms. The predicted molar refractivity (Wildman–Crippen MR) is 161 cm³/mol. The van der Waals surface area contributed by atoms with Gasteiger partial charge in [-0.1, -0.05) is 12.1 Å². The van der Waals surface area contributed by atoms with Crippen molar-refractivity contribution < 1.29 is 20.1 Å². The lowest BCUT2D eigenvalue weighted by molar-refractivity contribution is -0.384. The highest BCUT2D eigenvalue weighted by molar-refractivity contribution is 6.28. The van der Waals surface area contributed by atoms with E-state index in [0.717, 1.165) is 42.9 Å². The van der Waals surface area contributed by atoms with E-state index in [0.29, 0.717) is 31.6 Å². The number of anilines is 2. The molecule has 16 nitrogen and oxygen atoms in total. The Morgan fingerprint density at radius 3 is 1.86 bits per heavy atom. The van der Waals surface area contributed by atoms with Crippen molar-refractivity contribution in [1.82, 2.24) is 29.5 Å². The van der Waals surface area contributed by atoms with E-state index in [1.54, 1.807) is 10.9 Å². The van der Waals surface area contributed by atoms with E-state index < -0.39 is 9.85 Å². The van der Waals surface area contributed by atoms with Crippen LogP contribution in [-0.4, -0.2) is 73.8 Å². The molecule has 2 fully saturated rings. The average Bonchev–Trinajstić information content (AvgIpc) is 3.44. The van der Waals surface area contributed by atoms with Crippen LogP contribution in [0.1, 0.15) is 51.4 Å². The van der Waals surface area contributed by atoms with E-state index in [9.17, 15) is 30.4 Å². The Morgan fingerprint density at radius 1 is 0.773 bits per heavy atom. The van der Waals surface area contributed by atoms with Crippen LogP contribution in [-0.2, 0) is 0 Å². The van der Waals surface area contributed by atoms with Crippen molar-refractivity contribution in [3.05, 3.63) is 68.5 Å². The number of aliphatic hydroxyl groups is 2. The van der Waals surface area contributed by atoms with Gasteiger partial charge in [-0.05, 0) is 75.1 Å². The van der Waals surface area contributed by atoms with Crippen molar-refractivity contribution in [2.75, 3.05) is 10.6 Å². The third kappa shape index (κ3) is 7.50. The number of aliphatic hydroxyl groups excluding tert-OH is 2. The van der Waals surface area contributed by atoms with Crippen LogP contribution in [0.2, 0.25) is 5.28 Å². The number of nitrogens with zero attached hydrogens (tertiary/aromatic N) is 8. The van der Waals surface area contributed by atoms with E-state index in [1.165, 1.54) is 6.20 Å². The molecule has 17 heteroatoms. The van der Waals surface area contributed by atoms with Gasteiger partial charge in [0, 0.05) is 12.1 Å². The van der Waals surface area contributed by atoms with Crippen molar-refractivity contribution >= 4 is 45.6 Å². The zero-order valence-electron chi connectivity index (χ0n) is 23.5. The minimum atomic E-state index is -0.545. The molecular formula is C27H31ClN10O6. The Hall–Kier alpha value is -4.54. The average molecular weight is 627 g/mol. The van der Waals surface area contributed by atoms with Crippen molar-refractivity contribution in [1.29, 1.82) is 0 Å². The second kappa shape index (κ2) is 13.8. The lowest BCUT2D eigenvalue weighted by Gasteiger charge is -2.26. The first-order chi connectivity index (χ1) is 21.2. The number of rotatable bonds is 7. The van der Waals surface area contributed by atoms with Crippen LogP contribution >= 0.6 is 11.6 Å². The van der Waals surface area contributed by atoms with E-state index in [1.807, 2.05) is 24.3 Å². The third-order valence-electron chi connectivity index (χ3n) is 7.63. The van der Waals surface area contributed by atoms with Gasteiger partial charge in [-0.3, -0.25) is 24.8 Å². The predicted octanol–water partition coefficient (Wildman–Crippen LogP) is 4.19. The zero-order valence-corrected chi connectivity index (χ0v) is 24.2. The number of para-hydroxylation sites is 2. The van der Waals surface area contributed by atoms with Crippen molar-refractivity contribution in [3.63, 3.8) is 0 Å².